The second kappa shape index (κ2) is 9.31. The molecule has 4 aromatic rings. The van der Waals surface area contributed by atoms with Crippen molar-refractivity contribution in [1.82, 2.24) is 14.8 Å². The van der Waals surface area contributed by atoms with E-state index in [1.807, 2.05) is 0 Å². The minimum Gasteiger partial charge on any atom is -0.508 e. The van der Waals surface area contributed by atoms with Gasteiger partial charge in [0.2, 0.25) is 0 Å². The molecule has 9 heteroatoms. The summed E-state index contributed by atoms with van der Waals surface area (Å²) in [7, 11) is 0. The number of carbonyl (C=O) groups is 2. The number of nitrogens with zero attached hydrogens (tertiary/aromatic N) is 3. The van der Waals surface area contributed by atoms with Gasteiger partial charge in [-0.3, -0.25) is 14.6 Å². The first-order valence-electron chi connectivity index (χ1n) is 11.0. The largest absolute Gasteiger partial charge is 0.508 e. The molecule has 35 heavy (non-hydrogen) atoms. The zero-order chi connectivity index (χ0) is 24.5. The van der Waals surface area contributed by atoms with Gasteiger partial charge in [0.1, 0.15) is 28.8 Å². The number of nitrogens with one attached hydrogen (secondary N) is 1. The molecule has 1 amide bonds. The number of halogens is 2. The van der Waals surface area contributed by atoms with E-state index < -0.39 is 11.7 Å². The number of rotatable bonds is 7. The number of carbonyl (C=O) groups excluding carboxylic acids is 2. The Morgan fingerprint density at radius 3 is 2.69 bits per heavy atom. The number of phenolic OH excluding ortho intramolecular Hbond substituents is 1. The summed E-state index contributed by atoms with van der Waals surface area (Å²) in [5.41, 5.74) is 1.26. The molecule has 0 spiro atoms. The van der Waals surface area contributed by atoms with E-state index in [0.29, 0.717) is 23.6 Å². The van der Waals surface area contributed by atoms with Crippen molar-refractivity contribution in [3.05, 3.63) is 89.0 Å². The Morgan fingerprint density at radius 2 is 1.94 bits per heavy atom. The maximum Gasteiger partial charge on any atom is 0.258 e. The average Bonchev–Trinajstić information content (AvgIpc) is 3.56. The van der Waals surface area contributed by atoms with Crippen LogP contribution in [0.5, 0.6) is 5.75 Å². The SMILES string of the molecule is O=C(CC1CC1)c1cc(NC(=O)c2cc(-c3ncccc3F)ccc2Cl)n(-c2cccc(O)c2)n1. The van der Waals surface area contributed by atoms with Crippen molar-refractivity contribution < 1.29 is 19.1 Å². The van der Waals surface area contributed by atoms with Crippen molar-refractivity contribution >= 4 is 29.1 Å². The number of Topliss-reactive ketones (excluding diaryl/α,β-unsaturated/α-hetero) is 1. The number of aromatic hydroxyl groups is 1. The Balaban J connectivity index is 1.50. The highest BCUT2D eigenvalue weighted by atomic mass is 35.5. The van der Waals surface area contributed by atoms with Crippen LogP contribution in [0.15, 0.2) is 66.9 Å². The third-order valence-corrected chi connectivity index (χ3v) is 6.05. The van der Waals surface area contributed by atoms with Crippen LogP contribution in [-0.4, -0.2) is 31.6 Å². The first kappa shape index (κ1) is 22.7. The van der Waals surface area contributed by atoms with Gasteiger partial charge < -0.3 is 10.4 Å². The van der Waals surface area contributed by atoms with Gasteiger partial charge in [0, 0.05) is 30.3 Å². The second-order valence-corrected chi connectivity index (χ2v) is 8.81. The quantitative estimate of drug-likeness (QED) is 0.325. The molecule has 1 fully saturated rings. The van der Waals surface area contributed by atoms with E-state index in [0.717, 1.165) is 12.8 Å². The molecule has 176 valence electrons. The van der Waals surface area contributed by atoms with Crippen LogP contribution in [0.1, 0.15) is 40.1 Å². The lowest BCUT2D eigenvalue weighted by Crippen LogP contribution is -2.15. The van der Waals surface area contributed by atoms with Crippen LogP contribution in [0.25, 0.3) is 16.9 Å². The standard InChI is InChI=1S/C26H20ClFN4O3/c27-20-9-8-16(25-21(28)5-2-10-29-25)12-19(20)26(35)30-24-14-22(23(34)11-15-6-7-15)31-32(24)17-3-1-4-18(33)13-17/h1-5,8-10,12-15,33H,6-7,11H2,(H,30,35). The molecule has 0 atom stereocenters. The molecule has 2 aromatic heterocycles. The Bertz CT molecular complexity index is 1450. The maximum absolute atomic E-state index is 14.2. The molecule has 5 rings (SSSR count). The average molecular weight is 491 g/mol. The Hall–Kier alpha value is -4.04. The number of anilines is 1. The summed E-state index contributed by atoms with van der Waals surface area (Å²) in [6.45, 7) is 0. The summed E-state index contributed by atoms with van der Waals surface area (Å²) < 4.78 is 15.6. The number of pyridine rings is 1. The van der Waals surface area contributed by atoms with Crippen LogP contribution in [0.3, 0.4) is 0 Å². The van der Waals surface area contributed by atoms with Crippen LogP contribution in [0.2, 0.25) is 5.02 Å². The summed E-state index contributed by atoms with van der Waals surface area (Å²) in [6.07, 6.45) is 3.90. The molecule has 1 saturated carbocycles. The molecular weight excluding hydrogens is 471 g/mol. The summed E-state index contributed by atoms with van der Waals surface area (Å²) in [5.74, 6) is -0.607. The fourth-order valence-corrected chi connectivity index (χ4v) is 3.95. The van der Waals surface area contributed by atoms with E-state index >= 15 is 0 Å². The first-order chi connectivity index (χ1) is 16.9. The van der Waals surface area contributed by atoms with E-state index in [4.69, 9.17) is 11.6 Å². The van der Waals surface area contributed by atoms with Gasteiger partial charge in [0.05, 0.1) is 16.3 Å². The van der Waals surface area contributed by atoms with E-state index in [1.54, 1.807) is 18.2 Å². The van der Waals surface area contributed by atoms with Crippen molar-refractivity contribution in [2.24, 2.45) is 5.92 Å². The van der Waals surface area contributed by atoms with E-state index in [-0.39, 0.29) is 39.3 Å². The maximum atomic E-state index is 14.2. The van der Waals surface area contributed by atoms with Crippen LogP contribution in [-0.2, 0) is 0 Å². The number of ketones is 1. The van der Waals surface area contributed by atoms with E-state index in [2.05, 4.69) is 15.4 Å². The summed E-state index contributed by atoms with van der Waals surface area (Å²) in [6, 6.07) is 15.1. The summed E-state index contributed by atoms with van der Waals surface area (Å²) >= 11 is 6.30. The molecular formula is C26H20ClFN4O3. The van der Waals surface area contributed by atoms with Crippen LogP contribution >= 0.6 is 11.6 Å². The third-order valence-electron chi connectivity index (χ3n) is 5.72. The number of benzene rings is 2. The number of aromatic nitrogens is 3. The lowest BCUT2D eigenvalue weighted by Gasteiger charge is -2.11. The zero-order valence-corrected chi connectivity index (χ0v) is 19.2. The third kappa shape index (κ3) is 4.93. The van der Waals surface area contributed by atoms with Crippen LogP contribution < -0.4 is 5.32 Å². The highest BCUT2D eigenvalue weighted by Gasteiger charge is 2.27. The molecule has 0 aliphatic heterocycles. The number of amides is 1. The highest BCUT2D eigenvalue weighted by Crippen LogP contribution is 2.34. The lowest BCUT2D eigenvalue weighted by molar-refractivity contribution is 0.0969. The predicted molar refractivity (Wildman–Crippen MR) is 129 cm³/mol. The van der Waals surface area contributed by atoms with Crippen LogP contribution in [0.4, 0.5) is 10.2 Å². The van der Waals surface area contributed by atoms with Gasteiger partial charge in [-0.05, 0) is 55.2 Å². The number of hydrogen-bond donors (Lipinski definition) is 2. The molecule has 0 radical (unpaired) electrons. The lowest BCUT2D eigenvalue weighted by atomic mass is 10.1. The molecule has 1 aliphatic carbocycles. The van der Waals surface area contributed by atoms with Gasteiger partial charge in [0.25, 0.3) is 5.91 Å². The minimum absolute atomic E-state index is 0.00858. The van der Waals surface area contributed by atoms with E-state index in [9.17, 15) is 19.1 Å². The van der Waals surface area contributed by atoms with Gasteiger partial charge in [0.15, 0.2) is 5.78 Å². The predicted octanol–water partition coefficient (Wildman–Crippen LogP) is 5.67. The molecule has 2 aromatic carbocycles. The van der Waals surface area contributed by atoms with Gasteiger partial charge in [-0.2, -0.15) is 5.10 Å². The van der Waals surface area contributed by atoms with E-state index in [1.165, 1.54) is 53.3 Å². The Morgan fingerprint density at radius 1 is 1.11 bits per heavy atom. The molecule has 0 bridgehead atoms. The molecule has 0 unspecified atom stereocenters. The molecule has 1 aliphatic rings. The molecule has 2 N–H and O–H groups in total. The topological polar surface area (TPSA) is 97.1 Å². The minimum atomic E-state index is -0.573. The summed E-state index contributed by atoms with van der Waals surface area (Å²) in [5, 5.41) is 17.2. The van der Waals surface area contributed by atoms with Gasteiger partial charge >= 0.3 is 0 Å². The second-order valence-electron chi connectivity index (χ2n) is 8.40. The fourth-order valence-electron chi connectivity index (χ4n) is 3.75. The fraction of sp³-hybridized carbons (Fsp3) is 0.154. The van der Waals surface area contributed by atoms with Gasteiger partial charge in [-0.25, -0.2) is 9.07 Å². The highest BCUT2D eigenvalue weighted by molar-refractivity contribution is 6.34. The van der Waals surface area contributed by atoms with Crippen molar-refractivity contribution in [2.75, 3.05) is 5.32 Å². The van der Waals surface area contributed by atoms with Gasteiger partial charge in [-0.1, -0.05) is 23.7 Å². The summed E-state index contributed by atoms with van der Waals surface area (Å²) in [4.78, 5) is 30.0. The van der Waals surface area contributed by atoms with Crippen molar-refractivity contribution in [1.29, 1.82) is 0 Å². The Labute approximate surface area is 205 Å². The zero-order valence-electron chi connectivity index (χ0n) is 18.4. The normalized spacial score (nSPS) is 13.0. The molecule has 7 nitrogen and oxygen atoms in total. The molecule has 0 saturated heterocycles. The number of phenols is 1. The Kier molecular flexibility index (Phi) is 6.05. The molecule has 2 heterocycles. The first-order valence-corrected chi connectivity index (χ1v) is 11.4. The van der Waals surface area contributed by atoms with Crippen molar-refractivity contribution in [2.45, 2.75) is 19.3 Å². The number of hydrogen-bond acceptors (Lipinski definition) is 5. The van der Waals surface area contributed by atoms with Crippen molar-refractivity contribution in [3.8, 4) is 22.7 Å². The van der Waals surface area contributed by atoms with Crippen molar-refractivity contribution in [3.63, 3.8) is 0 Å². The smallest absolute Gasteiger partial charge is 0.258 e. The monoisotopic (exact) mass is 490 g/mol. The van der Waals surface area contributed by atoms with Crippen LogP contribution in [0, 0.1) is 11.7 Å². The van der Waals surface area contributed by atoms with Gasteiger partial charge in [-0.15, -0.1) is 0 Å².